The molecule has 0 aliphatic heterocycles. The van der Waals surface area contributed by atoms with Crippen LogP contribution in [0.2, 0.25) is 5.02 Å². The predicted octanol–water partition coefficient (Wildman–Crippen LogP) is 3.66. The van der Waals surface area contributed by atoms with Gasteiger partial charge in [0.1, 0.15) is 17.8 Å². The number of hydrazine groups is 1. The van der Waals surface area contributed by atoms with E-state index in [4.69, 9.17) is 17.3 Å². The molecule has 27 heavy (non-hydrogen) atoms. The van der Waals surface area contributed by atoms with Crippen molar-refractivity contribution in [2.24, 2.45) is 0 Å². The zero-order valence-corrected chi connectivity index (χ0v) is 15.0. The molecule has 0 bridgehead atoms. The van der Waals surface area contributed by atoms with E-state index in [0.29, 0.717) is 16.5 Å². The molecule has 3 rings (SSSR count). The van der Waals surface area contributed by atoms with Gasteiger partial charge in [-0.2, -0.15) is 0 Å². The van der Waals surface area contributed by atoms with Crippen LogP contribution in [-0.4, -0.2) is 15.9 Å². The largest absolute Gasteiger partial charge is 0.393 e. The van der Waals surface area contributed by atoms with Gasteiger partial charge in [-0.25, -0.2) is 14.4 Å². The number of aryl methyl sites for hydroxylation is 1. The van der Waals surface area contributed by atoms with E-state index in [1.54, 1.807) is 6.07 Å². The van der Waals surface area contributed by atoms with E-state index in [9.17, 15) is 9.18 Å². The van der Waals surface area contributed by atoms with Crippen LogP contribution in [0.1, 0.15) is 15.9 Å². The average molecular weight is 387 g/mol. The summed E-state index contributed by atoms with van der Waals surface area (Å²) in [7, 11) is 0. The van der Waals surface area contributed by atoms with Gasteiger partial charge in [-0.15, -0.1) is 0 Å². The van der Waals surface area contributed by atoms with Gasteiger partial charge in [0.15, 0.2) is 11.6 Å². The van der Waals surface area contributed by atoms with Crippen LogP contribution >= 0.6 is 11.6 Å². The van der Waals surface area contributed by atoms with Gasteiger partial charge in [0.05, 0.1) is 0 Å². The Balaban J connectivity index is 1.71. The molecule has 5 N–H and O–H groups in total. The second kappa shape index (κ2) is 7.88. The maximum Gasteiger partial charge on any atom is 0.269 e. The van der Waals surface area contributed by atoms with E-state index in [-0.39, 0.29) is 17.1 Å². The van der Waals surface area contributed by atoms with E-state index in [1.807, 2.05) is 19.1 Å². The molecule has 0 spiro atoms. The molecule has 0 unspecified atom stereocenters. The van der Waals surface area contributed by atoms with Crippen molar-refractivity contribution >= 4 is 40.5 Å². The van der Waals surface area contributed by atoms with Gasteiger partial charge in [-0.05, 0) is 48.9 Å². The Hall–Kier alpha value is -3.39. The molecule has 2 aromatic carbocycles. The number of nitrogens with one attached hydrogen (secondary N) is 3. The Morgan fingerprint density at radius 1 is 1.11 bits per heavy atom. The number of hydrogen-bond acceptors (Lipinski definition) is 6. The topological polar surface area (TPSA) is 105 Å². The summed E-state index contributed by atoms with van der Waals surface area (Å²) in [6.07, 6.45) is 1.29. The molecule has 0 saturated carbocycles. The summed E-state index contributed by atoms with van der Waals surface area (Å²) in [6.45, 7) is 1.90. The third-order valence-corrected chi connectivity index (χ3v) is 4.13. The SMILES string of the molecule is Cc1ccc(Nc2ncnc(NNC(=O)c3ccc(F)cc3)c2N)cc1Cl. The maximum absolute atomic E-state index is 12.9. The van der Waals surface area contributed by atoms with Crippen molar-refractivity contribution in [1.29, 1.82) is 0 Å². The van der Waals surface area contributed by atoms with Gasteiger partial charge in [0.2, 0.25) is 0 Å². The van der Waals surface area contributed by atoms with Crippen LogP contribution in [0.5, 0.6) is 0 Å². The molecule has 138 valence electrons. The third-order valence-electron chi connectivity index (χ3n) is 3.72. The summed E-state index contributed by atoms with van der Waals surface area (Å²) in [6, 6.07) is 10.6. The molecule has 0 aliphatic carbocycles. The van der Waals surface area contributed by atoms with Crippen molar-refractivity contribution < 1.29 is 9.18 Å². The highest BCUT2D eigenvalue weighted by molar-refractivity contribution is 6.31. The molecule has 0 aliphatic rings. The van der Waals surface area contributed by atoms with E-state index < -0.39 is 11.7 Å². The van der Waals surface area contributed by atoms with Crippen LogP contribution in [-0.2, 0) is 0 Å². The minimum Gasteiger partial charge on any atom is -0.393 e. The van der Waals surface area contributed by atoms with Crippen molar-refractivity contribution in [3.05, 3.63) is 70.8 Å². The van der Waals surface area contributed by atoms with Crippen molar-refractivity contribution in [3.8, 4) is 0 Å². The Bertz CT molecular complexity index is 980. The van der Waals surface area contributed by atoms with Crippen LogP contribution in [0.15, 0.2) is 48.8 Å². The fraction of sp³-hybridized carbons (Fsp3) is 0.0556. The van der Waals surface area contributed by atoms with Gasteiger partial charge in [-0.3, -0.25) is 15.6 Å². The van der Waals surface area contributed by atoms with E-state index in [1.165, 1.54) is 30.6 Å². The molecule has 1 heterocycles. The molecule has 9 heteroatoms. The smallest absolute Gasteiger partial charge is 0.269 e. The first-order valence-electron chi connectivity index (χ1n) is 7.89. The first-order valence-corrected chi connectivity index (χ1v) is 8.27. The normalized spacial score (nSPS) is 10.3. The van der Waals surface area contributed by atoms with Crippen molar-refractivity contribution in [2.75, 3.05) is 16.5 Å². The van der Waals surface area contributed by atoms with Gasteiger partial charge in [0.25, 0.3) is 5.91 Å². The number of amides is 1. The lowest BCUT2D eigenvalue weighted by Crippen LogP contribution is -2.30. The molecule has 7 nitrogen and oxygen atoms in total. The Morgan fingerprint density at radius 2 is 1.81 bits per heavy atom. The fourth-order valence-corrected chi connectivity index (χ4v) is 2.37. The molecule has 0 saturated heterocycles. The quantitative estimate of drug-likeness (QED) is 0.499. The molecular formula is C18H16ClFN6O. The van der Waals surface area contributed by atoms with E-state index >= 15 is 0 Å². The summed E-state index contributed by atoms with van der Waals surface area (Å²) in [5.74, 6) is -0.330. The lowest BCUT2D eigenvalue weighted by atomic mass is 10.2. The molecule has 0 fully saturated rings. The number of anilines is 4. The van der Waals surface area contributed by atoms with Crippen LogP contribution in [0.3, 0.4) is 0 Å². The molecule has 0 atom stereocenters. The Morgan fingerprint density at radius 3 is 2.52 bits per heavy atom. The van der Waals surface area contributed by atoms with Crippen LogP contribution in [0.25, 0.3) is 0 Å². The van der Waals surface area contributed by atoms with Crippen LogP contribution in [0.4, 0.5) is 27.4 Å². The van der Waals surface area contributed by atoms with Crippen molar-refractivity contribution in [2.45, 2.75) is 6.92 Å². The van der Waals surface area contributed by atoms with E-state index in [0.717, 1.165) is 5.56 Å². The molecule has 1 aromatic heterocycles. The number of carbonyl (C=O) groups excluding carboxylic acids is 1. The monoisotopic (exact) mass is 386 g/mol. The number of aromatic nitrogens is 2. The van der Waals surface area contributed by atoms with Crippen molar-refractivity contribution in [1.82, 2.24) is 15.4 Å². The van der Waals surface area contributed by atoms with E-state index in [2.05, 4.69) is 26.1 Å². The highest BCUT2D eigenvalue weighted by Gasteiger charge is 2.11. The molecule has 0 radical (unpaired) electrons. The average Bonchev–Trinajstić information content (AvgIpc) is 2.66. The number of halogens is 2. The van der Waals surface area contributed by atoms with Crippen LogP contribution in [0, 0.1) is 12.7 Å². The molecule has 1 amide bonds. The summed E-state index contributed by atoms with van der Waals surface area (Å²) >= 11 is 6.12. The first-order chi connectivity index (χ1) is 12.9. The zero-order valence-electron chi connectivity index (χ0n) is 14.3. The van der Waals surface area contributed by atoms with Crippen molar-refractivity contribution in [3.63, 3.8) is 0 Å². The predicted molar refractivity (Wildman–Crippen MR) is 103 cm³/mol. The number of rotatable bonds is 5. The highest BCUT2D eigenvalue weighted by Crippen LogP contribution is 2.27. The summed E-state index contributed by atoms with van der Waals surface area (Å²) in [5.41, 5.74) is 13.3. The van der Waals surface area contributed by atoms with Gasteiger partial charge >= 0.3 is 0 Å². The molecular weight excluding hydrogens is 371 g/mol. The maximum atomic E-state index is 12.9. The van der Waals surface area contributed by atoms with Gasteiger partial charge < -0.3 is 11.1 Å². The lowest BCUT2D eigenvalue weighted by molar-refractivity contribution is 0.0962. The Kier molecular flexibility index (Phi) is 5.37. The summed E-state index contributed by atoms with van der Waals surface area (Å²) in [4.78, 5) is 20.2. The second-order valence-corrected chi connectivity index (χ2v) is 6.07. The number of nitrogen functional groups attached to an aromatic ring is 1. The van der Waals surface area contributed by atoms with Crippen LogP contribution < -0.4 is 21.9 Å². The third kappa shape index (κ3) is 4.42. The fourth-order valence-electron chi connectivity index (χ4n) is 2.19. The number of hydrogen-bond donors (Lipinski definition) is 4. The summed E-state index contributed by atoms with van der Waals surface area (Å²) in [5, 5.41) is 3.66. The number of carbonyl (C=O) groups is 1. The highest BCUT2D eigenvalue weighted by atomic mass is 35.5. The summed E-state index contributed by atoms with van der Waals surface area (Å²) < 4.78 is 12.9. The van der Waals surface area contributed by atoms with Gasteiger partial charge in [0, 0.05) is 16.3 Å². The second-order valence-electron chi connectivity index (χ2n) is 5.66. The number of nitrogens with zero attached hydrogens (tertiary/aromatic N) is 2. The minimum absolute atomic E-state index is 0.202. The molecule has 3 aromatic rings. The Labute approximate surface area is 159 Å². The first kappa shape index (κ1) is 18.4. The zero-order chi connectivity index (χ0) is 19.4. The standard InChI is InChI=1S/C18H16ClFN6O/c1-10-2-7-13(8-14(10)19)24-16-15(21)17(23-9-22-16)25-26-18(27)11-3-5-12(20)6-4-11/h2-9H,21H2,1H3,(H,26,27)(H2,22,23,24,25). The minimum atomic E-state index is -0.465. The van der Waals surface area contributed by atoms with Gasteiger partial charge in [-0.1, -0.05) is 17.7 Å². The number of benzene rings is 2. The lowest BCUT2D eigenvalue weighted by Gasteiger charge is -2.13. The number of nitrogens with two attached hydrogens (primary N) is 1.